The highest BCUT2D eigenvalue weighted by atomic mass is 19.4. The van der Waals surface area contributed by atoms with Gasteiger partial charge >= 0.3 is 12.1 Å². The van der Waals surface area contributed by atoms with Crippen LogP contribution in [0.15, 0.2) is 0 Å². The molecule has 1 atom stereocenters. The fourth-order valence-electron chi connectivity index (χ4n) is 1.74. The van der Waals surface area contributed by atoms with Crippen LogP contribution in [0.25, 0.3) is 0 Å². The number of halogens is 3. The normalized spacial score (nSPS) is 13.3. The minimum Gasteiger partial charge on any atom is -0.465 e. The first-order valence-electron chi connectivity index (χ1n) is 6.87. The summed E-state index contributed by atoms with van der Waals surface area (Å²) in [5.74, 6) is -0.595. The monoisotopic (exact) mass is 283 g/mol. The molecule has 0 aliphatic heterocycles. The summed E-state index contributed by atoms with van der Waals surface area (Å²) in [5, 5.41) is 2.24. The number of esters is 1. The number of nitrogens with one attached hydrogen (secondary N) is 1. The maximum atomic E-state index is 12.1. The maximum absolute atomic E-state index is 12.1. The summed E-state index contributed by atoms with van der Waals surface area (Å²) < 4.78 is 41.2. The van der Waals surface area contributed by atoms with Gasteiger partial charge in [-0.1, -0.05) is 39.0 Å². The van der Waals surface area contributed by atoms with Crippen LogP contribution in [-0.4, -0.2) is 31.3 Å². The Morgan fingerprint density at radius 2 is 1.79 bits per heavy atom. The van der Waals surface area contributed by atoms with E-state index in [9.17, 15) is 18.0 Å². The van der Waals surface area contributed by atoms with Gasteiger partial charge in [0.2, 0.25) is 0 Å². The Bertz CT molecular complexity index is 245. The van der Waals surface area contributed by atoms with Crippen molar-refractivity contribution in [3.63, 3.8) is 0 Å². The van der Waals surface area contributed by atoms with E-state index in [2.05, 4.69) is 12.2 Å². The second-order valence-corrected chi connectivity index (χ2v) is 4.50. The molecule has 0 rings (SSSR count). The number of carbonyl (C=O) groups is 1. The van der Waals surface area contributed by atoms with Crippen molar-refractivity contribution in [3.05, 3.63) is 0 Å². The zero-order chi connectivity index (χ0) is 14.7. The minimum atomic E-state index is -4.31. The molecule has 0 amide bonds. The minimum absolute atomic E-state index is 0.179. The molecule has 0 aliphatic carbocycles. The van der Waals surface area contributed by atoms with Crippen molar-refractivity contribution < 1.29 is 22.7 Å². The third kappa shape index (κ3) is 10.8. The predicted octanol–water partition coefficient (Wildman–Crippen LogP) is 3.43. The molecule has 0 aliphatic rings. The highest BCUT2D eigenvalue weighted by Gasteiger charge is 2.30. The van der Waals surface area contributed by atoms with E-state index in [0.717, 1.165) is 32.1 Å². The van der Waals surface area contributed by atoms with Crippen molar-refractivity contribution in [1.82, 2.24) is 5.32 Å². The summed E-state index contributed by atoms with van der Waals surface area (Å²) in [7, 11) is 0. The first-order valence-corrected chi connectivity index (χ1v) is 6.87. The Labute approximate surface area is 112 Å². The molecule has 6 heteroatoms. The number of alkyl halides is 3. The average molecular weight is 283 g/mol. The van der Waals surface area contributed by atoms with Crippen molar-refractivity contribution in [1.29, 1.82) is 0 Å². The standard InChI is InChI=1S/C13H24F3NO2/c1-3-5-6-7-8-9-11(12(18)19-4-2)17-10-13(14,15)16/h11,17H,3-10H2,1-2H3. The van der Waals surface area contributed by atoms with E-state index in [1.165, 1.54) is 0 Å². The third-order valence-corrected chi connectivity index (χ3v) is 2.72. The van der Waals surface area contributed by atoms with Gasteiger partial charge in [0.1, 0.15) is 6.04 Å². The Morgan fingerprint density at radius 3 is 2.32 bits per heavy atom. The number of unbranched alkanes of at least 4 members (excludes halogenated alkanes) is 4. The Kier molecular flexibility index (Phi) is 9.65. The molecular weight excluding hydrogens is 259 g/mol. The predicted molar refractivity (Wildman–Crippen MR) is 67.9 cm³/mol. The van der Waals surface area contributed by atoms with E-state index < -0.39 is 24.7 Å². The van der Waals surface area contributed by atoms with Gasteiger partial charge in [-0.2, -0.15) is 13.2 Å². The van der Waals surface area contributed by atoms with Crippen molar-refractivity contribution in [2.24, 2.45) is 0 Å². The SMILES string of the molecule is CCCCCCCC(NCC(F)(F)F)C(=O)OCC. The molecule has 0 saturated heterocycles. The molecular formula is C13H24F3NO2. The number of hydrogen-bond donors (Lipinski definition) is 1. The molecule has 0 aromatic carbocycles. The van der Waals surface area contributed by atoms with Gasteiger partial charge in [-0.15, -0.1) is 0 Å². The van der Waals surface area contributed by atoms with Crippen LogP contribution in [0.3, 0.4) is 0 Å². The Hall–Kier alpha value is -0.780. The molecule has 0 fully saturated rings. The zero-order valence-electron chi connectivity index (χ0n) is 11.7. The Morgan fingerprint density at radius 1 is 1.16 bits per heavy atom. The number of ether oxygens (including phenoxy) is 1. The molecule has 0 aromatic rings. The summed E-state index contributed by atoms with van der Waals surface area (Å²) in [4.78, 5) is 11.5. The van der Waals surface area contributed by atoms with Crippen molar-refractivity contribution in [3.8, 4) is 0 Å². The number of rotatable bonds is 10. The van der Waals surface area contributed by atoms with Crippen LogP contribution >= 0.6 is 0 Å². The van der Waals surface area contributed by atoms with Crippen LogP contribution in [0.4, 0.5) is 13.2 Å². The zero-order valence-corrected chi connectivity index (χ0v) is 11.7. The first kappa shape index (κ1) is 18.2. The molecule has 0 aromatic heterocycles. The van der Waals surface area contributed by atoms with E-state index in [4.69, 9.17) is 4.74 Å². The van der Waals surface area contributed by atoms with E-state index >= 15 is 0 Å². The van der Waals surface area contributed by atoms with E-state index in [1.807, 2.05) is 0 Å². The number of hydrogen-bond acceptors (Lipinski definition) is 3. The lowest BCUT2D eigenvalue weighted by Crippen LogP contribution is -2.42. The molecule has 3 nitrogen and oxygen atoms in total. The van der Waals surface area contributed by atoms with Gasteiger partial charge in [0, 0.05) is 0 Å². The van der Waals surface area contributed by atoms with Crippen molar-refractivity contribution in [2.45, 2.75) is 64.6 Å². The quantitative estimate of drug-likeness (QED) is 0.493. The van der Waals surface area contributed by atoms with Crippen LogP contribution in [0.5, 0.6) is 0 Å². The van der Waals surface area contributed by atoms with Gasteiger partial charge in [-0.25, -0.2) is 0 Å². The van der Waals surface area contributed by atoms with Crippen molar-refractivity contribution in [2.75, 3.05) is 13.2 Å². The van der Waals surface area contributed by atoms with Crippen LogP contribution in [0.2, 0.25) is 0 Å². The first-order chi connectivity index (χ1) is 8.90. The third-order valence-electron chi connectivity index (χ3n) is 2.72. The van der Waals surface area contributed by atoms with Gasteiger partial charge in [-0.3, -0.25) is 10.1 Å². The lowest BCUT2D eigenvalue weighted by Gasteiger charge is -2.18. The van der Waals surface area contributed by atoms with Gasteiger partial charge in [-0.05, 0) is 13.3 Å². The fourth-order valence-corrected chi connectivity index (χ4v) is 1.74. The highest BCUT2D eigenvalue weighted by molar-refractivity contribution is 5.75. The average Bonchev–Trinajstić information content (AvgIpc) is 2.31. The van der Waals surface area contributed by atoms with Gasteiger partial charge in [0.15, 0.2) is 0 Å². The second-order valence-electron chi connectivity index (χ2n) is 4.50. The molecule has 0 heterocycles. The second kappa shape index (κ2) is 10.1. The van der Waals surface area contributed by atoms with Crippen LogP contribution in [-0.2, 0) is 9.53 Å². The molecule has 114 valence electrons. The molecule has 0 radical (unpaired) electrons. The topological polar surface area (TPSA) is 38.3 Å². The maximum Gasteiger partial charge on any atom is 0.401 e. The van der Waals surface area contributed by atoms with E-state index in [0.29, 0.717) is 6.42 Å². The fraction of sp³-hybridized carbons (Fsp3) is 0.923. The molecule has 0 bridgehead atoms. The van der Waals surface area contributed by atoms with Gasteiger partial charge < -0.3 is 4.74 Å². The van der Waals surface area contributed by atoms with Crippen molar-refractivity contribution >= 4 is 5.97 Å². The molecule has 1 N–H and O–H groups in total. The van der Waals surface area contributed by atoms with E-state index in [1.54, 1.807) is 6.92 Å². The van der Waals surface area contributed by atoms with Crippen LogP contribution in [0.1, 0.15) is 52.4 Å². The summed E-state index contributed by atoms with van der Waals surface area (Å²) in [5.41, 5.74) is 0. The lowest BCUT2D eigenvalue weighted by molar-refractivity contribution is -0.149. The van der Waals surface area contributed by atoms with Crippen LogP contribution < -0.4 is 5.32 Å². The summed E-state index contributed by atoms with van der Waals surface area (Å²) in [6.45, 7) is 2.75. The molecule has 19 heavy (non-hydrogen) atoms. The Balaban J connectivity index is 4.07. The summed E-state index contributed by atoms with van der Waals surface area (Å²) in [6, 6.07) is -0.858. The van der Waals surface area contributed by atoms with Crippen LogP contribution in [0, 0.1) is 0 Å². The highest BCUT2D eigenvalue weighted by Crippen LogP contribution is 2.14. The smallest absolute Gasteiger partial charge is 0.401 e. The lowest BCUT2D eigenvalue weighted by atomic mass is 10.1. The summed E-state index contributed by atoms with van der Waals surface area (Å²) >= 11 is 0. The summed E-state index contributed by atoms with van der Waals surface area (Å²) in [6.07, 6.45) is 0.996. The molecule has 0 saturated carbocycles. The molecule has 1 unspecified atom stereocenters. The van der Waals surface area contributed by atoms with Gasteiger partial charge in [0.05, 0.1) is 13.2 Å². The molecule has 0 spiro atoms. The number of carbonyl (C=O) groups excluding carboxylic acids is 1. The largest absolute Gasteiger partial charge is 0.465 e. The van der Waals surface area contributed by atoms with E-state index in [-0.39, 0.29) is 6.61 Å². The van der Waals surface area contributed by atoms with Gasteiger partial charge in [0.25, 0.3) is 0 Å².